The Kier molecular flexibility index (Phi) is 5.95. The van der Waals surface area contributed by atoms with Crippen molar-refractivity contribution in [2.24, 2.45) is 5.92 Å². The zero-order valence-corrected chi connectivity index (χ0v) is 15.7. The standard InChI is InChI=1S/C22H22N2O4/c1-22(15-23,17-11-12-17)24-20(25)14-28-21(26)19-10-6-5-7-16(19)13-27-18-8-3-2-4-9-18/h2-10,17H,11-14H2,1H3,(H,24,25)/t22-/m1/s1. The molecule has 6 nitrogen and oxygen atoms in total. The summed E-state index contributed by atoms with van der Waals surface area (Å²) in [5, 5.41) is 12.0. The SMILES string of the molecule is C[C@](C#N)(NC(=O)COC(=O)c1ccccc1COc1ccccc1)C1CC1. The van der Waals surface area contributed by atoms with Crippen molar-refractivity contribution in [1.82, 2.24) is 5.32 Å². The van der Waals surface area contributed by atoms with Crippen molar-refractivity contribution in [2.75, 3.05) is 6.61 Å². The normalized spacial score (nSPS) is 15.0. The maximum Gasteiger partial charge on any atom is 0.339 e. The summed E-state index contributed by atoms with van der Waals surface area (Å²) in [5.41, 5.74) is 0.0957. The van der Waals surface area contributed by atoms with Gasteiger partial charge in [0.15, 0.2) is 6.61 Å². The number of ether oxygens (including phenoxy) is 2. The molecule has 0 radical (unpaired) electrons. The Bertz CT molecular complexity index is 887. The lowest BCUT2D eigenvalue weighted by molar-refractivity contribution is -0.125. The number of nitrogens with one attached hydrogen (secondary N) is 1. The van der Waals surface area contributed by atoms with Gasteiger partial charge in [0.25, 0.3) is 5.91 Å². The molecule has 0 saturated heterocycles. The van der Waals surface area contributed by atoms with Gasteiger partial charge in [0.2, 0.25) is 0 Å². The van der Waals surface area contributed by atoms with Crippen molar-refractivity contribution in [3.63, 3.8) is 0 Å². The highest BCUT2D eigenvalue weighted by Crippen LogP contribution is 2.39. The van der Waals surface area contributed by atoms with Crippen LogP contribution in [0.25, 0.3) is 0 Å². The average Bonchev–Trinajstić information content (AvgIpc) is 3.57. The first-order valence-corrected chi connectivity index (χ1v) is 9.17. The predicted octanol–water partition coefficient (Wildman–Crippen LogP) is 3.23. The Morgan fingerprint density at radius 2 is 1.82 bits per heavy atom. The molecule has 1 aliphatic rings. The van der Waals surface area contributed by atoms with Crippen LogP contribution in [0.15, 0.2) is 54.6 Å². The fourth-order valence-electron chi connectivity index (χ4n) is 2.94. The van der Waals surface area contributed by atoms with Crippen LogP contribution >= 0.6 is 0 Å². The number of para-hydroxylation sites is 1. The van der Waals surface area contributed by atoms with Crippen molar-refractivity contribution in [1.29, 1.82) is 5.26 Å². The molecule has 6 heteroatoms. The fourth-order valence-corrected chi connectivity index (χ4v) is 2.94. The zero-order chi connectivity index (χ0) is 20.0. The van der Waals surface area contributed by atoms with Crippen molar-refractivity contribution in [3.05, 3.63) is 65.7 Å². The predicted molar refractivity (Wildman–Crippen MR) is 102 cm³/mol. The number of esters is 1. The first-order chi connectivity index (χ1) is 13.5. The summed E-state index contributed by atoms with van der Waals surface area (Å²) in [7, 11) is 0. The summed E-state index contributed by atoms with van der Waals surface area (Å²) in [5.74, 6) is -0.233. The van der Waals surface area contributed by atoms with Crippen LogP contribution < -0.4 is 10.1 Å². The summed E-state index contributed by atoms with van der Waals surface area (Å²) in [4.78, 5) is 24.6. The number of nitrogens with zero attached hydrogens (tertiary/aromatic N) is 1. The van der Waals surface area contributed by atoms with E-state index in [2.05, 4.69) is 11.4 Å². The summed E-state index contributed by atoms with van der Waals surface area (Å²) in [6, 6.07) is 18.4. The van der Waals surface area contributed by atoms with Crippen molar-refractivity contribution in [2.45, 2.75) is 31.9 Å². The number of rotatable bonds is 8. The van der Waals surface area contributed by atoms with Gasteiger partial charge in [-0.05, 0) is 43.9 Å². The number of carbonyl (C=O) groups is 2. The van der Waals surface area contributed by atoms with Gasteiger partial charge >= 0.3 is 5.97 Å². The van der Waals surface area contributed by atoms with Crippen LogP contribution in [0, 0.1) is 17.2 Å². The maximum absolute atomic E-state index is 12.4. The first-order valence-electron chi connectivity index (χ1n) is 9.17. The number of carbonyl (C=O) groups excluding carboxylic acids is 2. The fraction of sp³-hybridized carbons (Fsp3) is 0.318. The van der Waals surface area contributed by atoms with Crippen LogP contribution in [0.4, 0.5) is 0 Å². The largest absolute Gasteiger partial charge is 0.489 e. The number of benzene rings is 2. The summed E-state index contributed by atoms with van der Waals surface area (Å²) in [6.45, 7) is 1.47. The van der Waals surface area contributed by atoms with Crippen molar-refractivity contribution >= 4 is 11.9 Å². The topological polar surface area (TPSA) is 88.4 Å². The lowest BCUT2D eigenvalue weighted by Gasteiger charge is -2.22. The molecule has 28 heavy (non-hydrogen) atoms. The Morgan fingerprint density at radius 3 is 2.50 bits per heavy atom. The van der Waals surface area contributed by atoms with E-state index < -0.39 is 24.0 Å². The highest BCUT2D eigenvalue weighted by Gasteiger charge is 2.43. The minimum Gasteiger partial charge on any atom is -0.489 e. The molecule has 1 aliphatic carbocycles. The third kappa shape index (κ3) is 4.89. The molecule has 2 aromatic carbocycles. The van der Waals surface area contributed by atoms with E-state index in [1.54, 1.807) is 31.2 Å². The van der Waals surface area contributed by atoms with Gasteiger partial charge < -0.3 is 14.8 Å². The Labute approximate surface area is 164 Å². The van der Waals surface area contributed by atoms with E-state index in [9.17, 15) is 14.9 Å². The van der Waals surface area contributed by atoms with Crippen LogP contribution in [0.5, 0.6) is 5.75 Å². The molecule has 1 amide bonds. The minimum atomic E-state index is -0.912. The quantitative estimate of drug-likeness (QED) is 0.713. The molecule has 1 saturated carbocycles. The average molecular weight is 378 g/mol. The van der Waals surface area contributed by atoms with E-state index >= 15 is 0 Å². The smallest absolute Gasteiger partial charge is 0.339 e. The Balaban J connectivity index is 1.57. The number of hydrogen-bond donors (Lipinski definition) is 1. The van der Waals surface area contributed by atoms with Gasteiger partial charge in [-0.1, -0.05) is 36.4 Å². The minimum absolute atomic E-state index is 0.160. The van der Waals surface area contributed by atoms with Crippen LogP contribution in [0.1, 0.15) is 35.7 Å². The van der Waals surface area contributed by atoms with Gasteiger partial charge in [0.1, 0.15) is 17.9 Å². The van der Waals surface area contributed by atoms with Gasteiger partial charge in [-0.2, -0.15) is 5.26 Å². The van der Waals surface area contributed by atoms with Crippen molar-refractivity contribution < 1.29 is 19.1 Å². The van der Waals surface area contributed by atoms with Crippen LogP contribution in [-0.2, 0) is 16.1 Å². The molecule has 0 bridgehead atoms. The molecular formula is C22H22N2O4. The molecule has 0 aliphatic heterocycles. The molecule has 0 aromatic heterocycles. The second-order valence-corrected chi connectivity index (χ2v) is 6.97. The Hall–Kier alpha value is -3.33. The van der Waals surface area contributed by atoms with E-state index in [1.165, 1.54) is 0 Å². The lowest BCUT2D eigenvalue weighted by atomic mass is 9.98. The van der Waals surface area contributed by atoms with Gasteiger partial charge in [-0.25, -0.2) is 4.79 Å². The second kappa shape index (κ2) is 8.57. The van der Waals surface area contributed by atoms with Gasteiger partial charge in [-0.3, -0.25) is 4.79 Å². The van der Waals surface area contributed by atoms with E-state index in [0.29, 0.717) is 16.9 Å². The molecule has 144 valence electrons. The molecule has 0 unspecified atom stereocenters. The van der Waals surface area contributed by atoms with Gasteiger partial charge in [0, 0.05) is 5.56 Å². The van der Waals surface area contributed by atoms with Crippen LogP contribution in [-0.4, -0.2) is 24.0 Å². The third-order valence-electron chi connectivity index (χ3n) is 4.73. The van der Waals surface area contributed by atoms with Gasteiger partial charge in [-0.15, -0.1) is 0 Å². The molecule has 0 heterocycles. The maximum atomic E-state index is 12.4. The molecule has 0 spiro atoms. The summed E-state index contributed by atoms with van der Waals surface area (Å²) in [6.07, 6.45) is 1.83. The lowest BCUT2D eigenvalue weighted by Crippen LogP contribution is -2.48. The molecular weight excluding hydrogens is 356 g/mol. The molecule has 3 rings (SSSR count). The van der Waals surface area contributed by atoms with E-state index in [4.69, 9.17) is 9.47 Å². The first kappa shape index (κ1) is 19.4. The number of amides is 1. The van der Waals surface area contributed by atoms with E-state index in [-0.39, 0.29) is 12.5 Å². The summed E-state index contributed by atoms with van der Waals surface area (Å²) >= 11 is 0. The van der Waals surface area contributed by atoms with Crippen LogP contribution in [0.2, 0.25) is 0 Å². The summed E-state index contributed by atoms with van der Waals surface area (Å²) < 4.78 is 10.9. The molecule has 2 aromatic rings. The molecule has 1 fully saturated rings. The highest BCUT2D eigenvalue weighted by molar-refractivity contribution is 5.92. The van der Waals surface area contributed by atoms with Gasteiger partial charge in [0.05, 0.1) is 11.6 Å². The van der Waals surface area contributed by atoms with Crippen LogP contribution in [0.3, 0.4) is 0 Å². The Morgan fingerprint density at radius 1 is 1.14 bits per heavy atom. The second-order valence-electron chi connectivity index (χ2n) is 6.97. The third-order valence-corrected chi connectivity index (χ3v) is 4.73. The number of nitriles is 1. The number of hydrogen-bond acceptors (Lipinski definition) is 5. The molecule has 1 atom stereocenters. The molecule has 1 N–H and O–H groups in total. The highest BCUT2D eigenvalue weighted by atomic mass is 16.5. The van der Waals surface area contributed by atoms with E-state index in [0.717, 1.165) is 12.8 Å². The zero-order valence-electron chi connectivity index (χ0n) is 15.7. The van der Waals surface area contributed by atoms with Crippen molar-refractivity contribution in [3.8, 4) is 11.8 Å². The van der Waals surface area contributed by atoms with E-state index in [1.807, 2.05) is 30.3 Å². The monoisotopic (exact) mass is 378 g/mol.